The predicted molar refractivity (Wildman–Crippen MR) is 98.3 cm³/mol. The van der Waals surface area contributed by atoms with Crippen molar-refractivity contribution in [2.45, 2.75) is 20.0 Å². The lowest BCUT2D eigenvalue weighted by Gasteiger charge is -2.19. The first-order chi connectivity index (χ1) is 13.5. The maximum atomic E-state index is 13.2. The Balaban J connectivity index is 1.60. The number of carbonyl (C=O) groups is 1. The molecule has 0 aliphatic carbocycles. The molecule has 2 aromatic carbocycles. The van der Waals surface area contributed by atoms with Gasteiger partial charge in [0.15, 0.2) is 6.61 Å². The Kier molecular flexibility index (Phi) is 4.48. The van der Waals surface area contributed by atoms with E-state index in [2.05, 4.69) is 10.1 Å². The van der Waals surface area contributed by atoms with E-state index < -0.39 is 4.92 Å². The third-order valence-electron chi connectivity index (χ3n) is 4.46. The first kappa shape index (κ1) is 17.7. The molecule has 142 valence electrons. The molecular weight excluding hydrogens is 364 g/mol. The minimum absolute atomic E-state index is 0.0459. The molecule has 4 rings (SSSR count). The molecule has 9 heteroatoms. The molecule has 0 N–H and O–H groups in total. The van der Waals surface area contributed by atoms with Gasteiger partial charge >= 0.3 is 0 Å². The third-order valence-corrected chi connectivity index (χ3v) is 4.46. The van der Waals surface area contributed by atoms with Gasteiger partial charge in [0.25, 0.3) is 11.6 Å². The molecule has 0 fully saturated rings. The fourth-order valence-electron chi connectivity index (χ4n) is 3.15. The molecule has 3 aromatic rings. The molecule has 28 heavy (non-hydrogen) atoms. The summed E-state index contributed by atoms with van der Waals surface area (Å²) in [5.74, 6) is 0.910. The lowest BCUT2D eigenvalue weighted by Crippen LogP contribution is -2.29. The smallest absolute Gasteiger partial charge is 0.271 e. The second kappa shape index (κ2) is 7.10. The van der Waals surface area contributed by atoms with E-state index in [1.807, 2.05) is 0 Å². The lowest BCUT2D eigenvalue weighted by atomic mass is 10.1. The number of para-hydroxylation sites is 1. The molecule has 0 radical (unpaired) electrons. The number of aromatic nitrogens is 2. The van der Waals surface area contributed by atoms with E-state index >= 15 is 0 Å². The molecule has 0 saturated carbocycles. The maximum Gasteiger partial charge on any atom is 0.271 e. The minimum atomic E-state index is -0.467. The molecule has 0 atom stereocenters. The van der Waals surface area contributed by atoms with Crippen molar-refractivity contribution >= 4 is 17.3 Å². The highest BCUT2D eigenvalue weighted by atomic mass is 16.6. The average molecular weight is 380 g/mol. The molecule has 2 heterocycles. The van der Waals surface area contributed by atoms with Gasteiger partial charge in [-0.25, -0.2) is 0 Å². The molecule has 1 aliphatic heterocycles. The molecule has 9 nitrogen and oxygen atoms in total. The van der Waals surface area contributed by atoms with E-state index in [4.69, 9.17) is 9.26 Å². The van der Waals surface area contributed by atoms with Gasteiger partial charge in [0.05, 0.1) is 16.2 Å². The summed E-state index contributed by atoms with van der Waals surface area (Å²) in [4.78, 5) is 29.4. The number of benzene rings is 2. The van der Waals surface area contributed by atoms with Crippen LogP contribution in [-0.4, -0.2) is 27.5 Å². The van der Waals surface area contributed by atoms with Crippen LogP contribution in [0, 0.1) is 17.0 Å². The Hall–Kier alpha value is -3.75. The van der Waals surface area contributed by atoms with Crippen molar-refractivity contribution in [1.82, 2.24) is 10.1 Å². The number of hydrogen-bond donors (Lipinski definition) is 0. The van der Waals surface area contributed by atoms with Crippen molar-refractivity contribution in [2.75, 3.05) is 11.4 Å². The molecule has 1 aromatic heterocycles. The third kappa shape index (κ3) is 3.29. The summed E-state index contributed by atoms with van der Waals surface area (Å²) in [5, 5.41) is 14.9. The summed E-state index contributed by atoms with van der Waals surface area (Å²) in [5.41, 5.74) is 1.78. The van der Waals surface area contributed by atoms with Gasteiger partial charge in [-0.15, -0.1) is 0 Å². The van der Waals surface area contributed by atoms with E-state index in [0.29, 0.717) is 41.7 Å². The monoisotopic (exact) mass is 380 g/mol. The summed E-state index contributed by atoms with van der Waals surface area (Å²) in [6.45, 7) is 2.19. The zero-order chi connectivity index (χ0) is 19.7. The quantitative estimate of drug-likeness (QED) is 0.494. The first-order valence-corrected chi connectivity index (χ1v) is 8.63. The molecule has 1 aliphatic rings. The highest BCUT2D eigenvalue weighted by Crippen LogP contribution is 2.34. The number of fused-ring (bicyclic) bond motifs is 1. The van der Waals surface area contributed by atoms with Crippen molar-refractivity contribution in [1.29, 1.82) is 0 Å². The highest BCUT2D eigenvalue weighted by molar-refractivity contribution is 6.09. The normalized spacial score (nSPS) is 12.7. The number of carbonyl (C=O) groups excluding carboxylic acids is 1. The van der Waals surface area contributed by atoms with Crippen LogP contribution in [0.4, 0.5) is 11.4 Å². The Morgan fingerprint density at radius 2 is 2.14 bits per heavy atom. The van der Waals surface area contributed by atoms with Crippen LogP contribution in [0.3, 0.4) is 0 Å². The first-order valence-electron chi connectivity index (χ1n) is 8.63. The van der Waals surface area contributed by atoms with Crippen molar-refractivity contribution in [3.8, 4) is 5.75 Å². The topological polar surface area (TPSA) is 112 Å². The largest absolute Gasteiger partial charge is 0.485 e. The SMILES string of the molecule is Cc1nc(COc2ccccc2C(=O)N2CCc3ccc([N+](=O)[O-])cc32)no1. The number of aryl methyl sites for hydroxylation is 1. The van der Waals surface area contributed by atoms with Crippen molar-refractivity contribution in [2.24, 2.45) is 0 Å². The Bertz CT molecular complexity index is 1060. The van der Waals surface area contributed by atoms with E-state index in [-0.39, 0.29) is 18.2 Å². The summed E-state index contributed by atoms with van der Waals surface area (Å²) < 4.78 is 10.6. The van der Waals surface area contributed by atoms with Crippen molar-refractivity contribution in [3.63, 3.8) is 0 Å². The van der Waals surface area contributed by atoms with Crippen LogP contribution in [0.15, 0.2) is 47.0 Å². The molecule has 0 unspecified atom stereocenters. The van der Waals surface area contributed by atoms with Gasteiger partial charge in [-0.1, -0.05) is 23.4 Å². The predicted octanol–water partition coefficient (Wildman–Crippen LogP) is 3.07. The van der Waals surface area contributed by atoms with Gasteiger partial charge in [0.2, 0.25) is 11.7 Å². The summed E-state index contributed by atoms with van der Waals surface area (Å²) in [6, 6.07) is 11.4. The van der Waals surface area contributed by atoms with Gasteiger partial charge in [0, 0.05) is 25.6 Å². The van der Waals surface area contributed by atoms with E-state index in [1.54, 1.807) is 42.2 Å². The second-order valence-corrected chi connectivity index (χ2v) is 6.29. The number of hydrogen-bond acceptors (Lipinski definition) is 7. The van der Waals surface area contributed by atoms with Gasteiger partial charge in [-0.2, -0.15) is 4.98 Å². The van der Waals surface area contributed by atoms with Crippen LogP contribution in [0.25, 0.3) is 0 Å². The van der Waals surface area contributed by atoms with E-state index in [0.717, 1.165) is 5.56 Å². The van der Waals surface area contributed by atoms with Crippen LogP contribution in [0.2, 0.25) is 0 Å². The van der Waals surface area contributed by atoms with Crippen LogP contribution < -0.4 is 9.64 Å². The van der Waals surface area contributed by atoms with Gasteiger partial charge in [-0.3, -0.25) is 14.9 Å². The van der Waals surface area contributed by atoms with Gasteiger partial charge in [-0.05, 0) is 24.1 Å². The van der Waals surface area contributed by atoms with Crippen LogP contribution in [0.5, 0.6) is 5.75 Å². The van der Waals surface area contributed by atoms with Gasteiger partial charge in [0.1, 0.15) is 5.75 Å². The van der Waals surface area contributed by atoms with Crippen LogP contribution >= 0.6 is 0 Å². The van der Waals surface area contributed by atoms with E-state index in [1.165, 1.54) is 12.1 Å². The number of nitrogens with zero attached hydrogens (tertiary/aromatic N) is 4. The number of nitro groups is 1. The van der Waals surface area contributed by atoms with Crippen LogP contribution in [-0.2, 0) is 13.0 Å². The summed E-state index contributed by atoms with van der Waals surface area (Å²) in [6.07, 6.45) is 0.643. The number of amides is 1. The number of non-ortho nitro benzene ring substituents is 1. The van der Waals surface area contributed by atoms with Crippen LogP contribution in [0.1, 0.15) is 27.6 Å². The number of nitro benzene ring substituents is 1. The van der Waals surface area contributed by atoms with Crippen molar-refractivity contribution < 1.29 is 19.0 Å². The average Bonchev–Trinajstić information content (AvgIpc) is 3.31. The lowest BCUT2D eigenvalue weighted by molar-refractivity contribution is -0.384. The Morgan fingerprint density at radius 3 is 2.89 bits per heavy atom. The highest BCUT2D eigenvalue weighted by Gasteiger charge is 2.29. The molecular formula is C19H16N4O5. The number of anilines is 1. The Labute approximate surface area is 159 Å². The number of ether oxygens (including phenoxy) is 1. The zero-order valence-corrected chi connectivity index (χ0v) is 15.0. The second-order valence-electron chi connectivity index (χ2n) is 6.29. The maximum absolute atomic E-state index is 13.2. The van der Waals surface area contributed by atoms with Gasteiger partial charge < -0.3 is 14.2 Å². The fourth-order valence-corrected chi connectivity index (χ4v) is 3.15. The molecule has 0 bridgehead atoms. The zero-order valence-electron chi connectivity index (χ0n) is 15.0. The fraction of sp³-hybridized carbons (Fsp3) is 0.211. The summed E-state index contributed by atoms with van der Waals surface area (Å²) in [7, 11) is 0. The van der Waals surface area contributed by atoms with E-state index in [9.17, 15) is 14.9 Å². The minimum Gasteiger partial charge on any atom is -0.485 e. The summed E-state index contributed by atoms with van der Waals surface area (Å²) >= 11 is 0. The number of rotatable bonds is 5. The Morgan fingerprint density at radius 1 is 1.32 bits per heavy atom. The molecule has 0 spiro atoms. The van der Waals surface area contributed by atoms with Crippen molar-refractivity contribution in [3.05, 3.63) is 75.4 Å². The molecule has 1 amide bonds. The molecule has 0 saturated heterocycles. The standard InChI is InChI=1S/C19H16N4O5/c1-12-20-18(21-28-12)11-27-17-5-3-2-4-15(17)19(24)22-9-8-13-6-7-14(23(25)26)10-16(13)22/h2-7,10H,8-9,11H2,1H3.